The summed E-state index contributed by atoms with van der Waals surface area (Å²) < 4.78 is 22.8. The number of aliphatic carboxylic acids is 1. The van der Waals surface area contributed by atoms with E-state index in [9.17, 15) is 23.8 Å². The molecule has 12 N–H and O–H groups in total. The summed E-state index contributed by atoms with van der Waals surface area (Å²) in [6.07, 6.45) is 8.69. The molecule has 1 amide bonds. The number of imidazole rings is 1. The van der Waals surface area contributed by atoms with Crippen LogP contribution in [0, 0.1) is 0 Å². The molecule has 0 aliphatic carbocycles. The molecule has 198 valence electrons. The van der Waals surface area contributed by atoms with Gasteiger partial charge in [-0.3, -0.25) is 23.7 Å². The van der Waals surface area contributed by atoms with E-state index >= 15 is 0 Å². The summed E-state index contributed by atoms with van der Waals surface area (Å²) in [6.45, 7) is -0.353. The number of nitrogens with zero attached hydrogens (tertiary/aromatic N) is 3. The molecule has 0 spiro atoms. The van der Waals surface area contributed by atoms with Crippen LogP contribution >= 0.6 is 15.2 Å². The molecule has 0 bridgehead atoms. The van der Waals surface area contributed by atoms with Crippen molar-refractivity contribution in [3.8, 4) is 0 Å². The van der Waals surface area contributed by atoms with Gasteiger partial charge in [0.15, 0.2) is 0 Å². The SMILES string of the molecule is NC(=O)c1cccnc1.NCCCCC(N)C(=O)O.O=P(O)(O)C(O)(Cn1ccnc1)P(=O)(O)O. The zero-order valence-corrected chi connectivity index (χ0v) is 20.2. The molecule has 0 aromatic carbocycles. The number of pyridine rings is 1. The smallest absolute Gasteiger partial charge is 0.371 e. The van der Waals surface area contributed by atoms with Gasteiger partial charge in [-0.15, -0.1) is 0 Å². The van der Waals surface area contributed by atoms with Crippen molar-refractivity contribution in [2.75, 3.05) is 6.54 Å². The topological polar surface area (TPSA) is 298 Å². The summed E-state index contributed by atoms with van der Waals surface area (Å²) in [7, 11) is -10.8. The van der Waals surface area contributed by atoms with Gasteiger partial charge in [0.05, 0.1) is 18.4 Å². The van der Waals surface area contributed by atoms with E-state index in [0.717, 1.165) is 23.7 Å². The van der Waals surface area contributed by atoms with Crippen LogP contribution in [0.5, 0.6) is 0 Å². The third kappa shape index (κ3) is 11.6. The van der Waals surface area contributed by atoms with Gasteiger partial charge in [-0.25, -0.2) is 4.98 Å². The zero-order valence-electron chi connectivity index (χ0n) is 18.4. The monoisotopic (exact) mass is 540 g/mol. The molecule has 1 unspecified atom stereocenters. The molecule has 2 heterocycles. The molecule has 0 saturated heterocycles. The van der Waals surface area contributed by atoms with Gasteiger partial charge < -0.3 is 51.6 Å². The van der Waals surface area contributed by atoms with Crippen molar-refractivity contribution in [3.63, 3.8) is 0 Å². The molecule has 1 atom stereocenters. The summed E-state index contributed by atoms with van der Waals surface area (Å²) in [5.74, 6) is -1.37. The fourth-order valence-electron chi connectivity index (χ4n) is 2.12. The Bertz CT molecular complexity index is 974. The third-order valence-electron chi connectivity index (χ3n) is 4.12. The zero-order chi connectivity index (χ0) is 27.3. The van der Waals surface area contributed by atoms with Gasteiger partial charge in [-0.1, -0.05) is 6.42 Å². The van der Waals surface area contributed by atoms with Crippen LogP contribution in [0.1, 0.15) is 29.6 Å². The number of carboxylic acid groups (broad SMARTS) is 1. The Morgan fingerprint density at radius 2 is 1.69 bits per heavy atom. The van der Waals surface area contributed by atoms with Crippen LogP contribution in [0.25, 0.3) is 0 Å². The first kappa shape index (κ1) is 32.5. The van der Waals surface area contributed by atoms with E-state index in [1.165, 1.54) is 18.6 Å². The average molecular weight is 540 g/mol. The van der Waals surface area contributed by atoms with Gasteiger partial charge in [0.2, 0.25) is 5.91 Å². The molecule has 0 saturated carbocycles. The maximum atomic E-state index is 10.9. The molecular weight excluding hydrogens is 510 g/mol. The summed E-state index contributed by atoms with van der Waals surface area (Å²) >= 11 is 0. The number of hydrogen-bond donors (Lipinski definition) is 9. The second-order valence-corrected chi connectivity index (χ2v) is 10.9. The fourth-order valence-corrected chi connectivity index (χ4v) is 4.17. The predicted octanol–water partition coefficient (Wildman–Crippen LogP) is -1.41. The molecule has 2 aromatic heterocycles. The molecule has 0 radical (unpaired) electrons. The first-order chi connectivity index (χ1) is 16.1. The normalized spacial score (nSPS) is 12.4. The molecule has 0 fully saturated rings. The van der Waals surface area contributed by atoms with Gasteiger partial charge in [0.25, 0.3) is 5.08 Å². The number of hydrogen-bond acceptors (Lipinski definition) is 9. The number of aliphatic hydroxyl groups is 1. The highest BCUT2D eigenvalue weighted by Crippen LogP contribution is 2.67. The van der Waals surface area contributed by atoms with Crippen molar-refractivity contribution in [3.05, 3.63) is 48.8 Å². The van der Waals surface area contributed by atoms with Gasteiger partial charge >= 0.3 is 21.2 Å². The Morgan fingerprint density at radius 1 is 1.09 bits per heavy atom. The molecular formula is C17H30N6O10P2. The number of unbranched alkanes of at least 4 members (excludes halogenated alkanes) is 1. The van der Waals surface area contributed by atoms with Crippen molar-refractivity contribution in [2.24, 2.45) is 17.2 Å². The number of aromatic nitrogens is 3. The standard InChI is InChI=1S/C6H14N2O2.C6H6N2O.C5H10N2O7P2/c7-4-2-1-3-5(8)6(9)10;7-6(9)5-2-1-3-8-4-5;8-5(15(9,10)11,16(12,13)14)3-7-2-1-6-4-7/h5H,1-4,7-8H2,(H,9,10);1-4H,(H2,7,9);1-2,4,8H,3H2,(H2,9,10,11)(H2,12,13,14). The summed E-state index contributed by atoms with van der Waals surface area (Å²) in [5.41, 5.74) is 15.8. The van der Waals surface area contributed by atoms with Gasteiger partial charge in [0.1, 0.15) is 6.04 Å². The van der Waals surface area contributed by atoms with Crippen molar-refractivity contribution in [1.82, 2.24) is 14.5 Å². The Hall–Kier alpha value is -2.52. The van der Waals surface area contributed by atoms with Crippen LogP contribution in [0.4, 0.5) is 0 Å². The maximum Gasteiger partial charge on any atom is 0.371 e. The quantitative estimate of drug-likeness (QED) is 0.124. The van der Waals surface area contributed by atoms with Crippen molar-refractivity contribution in [1.29, 1.82) is 0 Å². The van der Waals surface area contributed by atoms with Gasteiger partial charge in [-0.2, -0.15) is 0 Å². The first-order valence-electron chi connectivity index (χ1n) is 9.74. The molecule has 0 aliphatic heterocycles. The Kier molecular flexibility index (Phi) is 13.7. The predicted molar refractivity (Wildman–Crippen MR) is 123 cm³/mol. The summed E-state index contributed by atoms with van der Waals surface area (Å²) in [4.78, 5) is 63.0. The lowest BCUT2D eigenvalue weighted by Crippen LogP contribution is -2.33. The maximum absolute atomic E-state index is 10.9. The Balaban J connectivity index is 0.000000526. The average Bonchev–Trinajstić information content (AvgIpc) is 3.26. The van der Waals surface area contributed by atoms with Crippen molar-refractivity contribution >= 4 is 27.1 Å². The van der Waals surface area contributed by atoms with Crippen LogP contribution in [0.2, 0.25) is 0 Å². The summed E-state index contributed by atoms with van der Waals surface area (Å²) in [5, 5.41) is 14.4. The van der Waals surface area contributed by atoms with Crippen LogP contribution in [-0.2, 0) is 20.5 Å². The van der Waals surface area contributed by atoms with E-state index in [2.05, 4.69) is 9.97 Å². The van der Waals surface area contributed by atoms with E-state index in [4.69, 9.17) is 41.9 Å². The highest BCUT2D eigenvalue weighted by Gasteiger charge is 2.59. The Morgan fingerprint density at radius 3 is 2.03 bits per heavy atom. The molecule has 18 heteroatoms. The van der Waals surface area contributed by atoms with Crippen LogP contribution in [0.3, 0.4) is 0 Å². The van der Waals surface area contributed by atoms with Gasteiger partial charge in [-0.05, 0) is 31.5 Å². The number of carbonyl (C=O) groups is 2. The number of rotatable bonds is 10. The van der Waals surface area contributed by atoms with Crippen LogP contribution in [-0.4, -0.2) is 73.9 Å². The number of primary amides is 1. The van der Waals surface area contributed by atoms with E-state index in [1.807, 2.05) is 0 Å². The largest absolute Gasteiger partial charge is 0.480 e. The minimum Gasteiger partial charge on any atom is -0.480 e. The van der Waals surface area contributed by atoms with Crippen LogP contribution < -0.4 is 17.2 Å². The van der Waals surface area contributed by atoms with E-state index in [1.54, 1.807) is 18.3 Å². The van der Waals surface area contributed by atoms with Crippen molar-refractivity contribution < 1.29 is 48.5 Å². The Labute approximate surface area is 200 Å². The lowest BCUT2D eigenvalue weighted by atomic mass is 10.1. The molecule has 35 heavy (non-hydrogen) atoms. The van der Waals surface area contributed by atoms with E-state index in [-0.39, 0.29) is 0 Å². The van der Waals surface area contributed by atoms with Crippen LogP contribution in [0.15, 0.2) is 43.2 Å². The number of carbonyl (C=O) groups excluding carboxylic acids is 1. The molecule has 0 aliphatic rings. The summed E-state index contributed by atoms with van der Waals surface area (Å²) in [6, 6.07) is 2.57. The van der Waals surface area contributed by atoms with Gasteiger partial charge in [0, 0.05) is 24.8 Å². The molecule has 2 rings (SSSR count). The molecule has 16 nitrogen and oxygen atoms in total. The minimum absolute atomic E-state index is 0.442. The van der Waals surface area contributed by atoms with E-state index < -0.39 is 44.7 Å². The second-order valence-electron chi connectivity index (χ2n) is 6.93. The highest BCUT2D eigenvalue weighted by atomic mass is 31.2. The molecule has 2 aromatic rings. The fraction of sp³-hybridized carbons (Fsp3) is 0.412. The second kappa shape index (κ2) is 14.8. The lowest BCUT2D eigenvalue weighted by Gasteiger charge is -2.29. The van der Waals surface area contributed by atoms with Crippen molar-refractivity contribution in [2.45, 2.75) is 36.9 Å². The number of amides is 1. The highest BCUT2D eigenvalue weighted by molar-refractivity contribution is 7.72. The minimum atomic E-state index is -5.41. The first-order valence-corrected chi connectivity index (χ1v) is 13.0. The third-order valence-corrected chi connectivity index (χ3v) is 7.83. The number of carboxylic acids is 1. The lowest BCUT2D eigenvalue weighted by molar-refractivity contribution is -0.138. The number of nitrogens with two attached hydrogens (primary N) is 3. The van der Waals surface area contributed by atoms with E-state index in [0.29, 0.717) is 18.5 Å².